The van der Waals surface area contributed by atoms with E-state index in [2.05, 4.69) is 18.2 Å². The summed E-state index contributed by atoms with van der Waals surface area (Å²) in [4.78, 5) is 12.6. The Labute approximate surface area is 143 Å². The van der Waals surface area contributed by atoms with Gasteiger partial charge in [0.05, 0.1) is 24.5 Å². The molecule has 0 heterocycles. The largest absolute Gasteiger partial charge is 0.466 e. The number of hydrogen-bond donors (Lipinski definition) is 0. The lowest BCUT2D eigenvalue weighted by atomic mass is 9.57. The first kappa shape index (κ1) is 13.9. The molecule has 0 amide bonds. The van der Waals surface area contributed by atoms with Gasteiger partial charge in [-0.05, 0) is 85.4 Å². The average Bonchev–Trinajstić information content (AvgIpc) is 3.39. The van der Waals surface area contributed by atoms with Crippen LogP contribution in [0.4, 0.5) is 0 Å². The Hall–Kier alpha value is -1.30. The number of nitrogens with zero attached hydrogens (tertiary/aromatic N) is 1. The Kier molecular flexibility index (Phi) is 2.58. The topological polar surface area (TPSA) is 50.1 Å². The van der Waals surface area contributed by atoms with Gasteiger partial charge in [-0.2, -0.15) is 5.26 Å². The van der Waals surface area contributed by atoms with Gasteiger partial charge in [0.2, 0.25) is 0 Å². The fourth-order valence-corrected chi connectivity index (χ4v) is 9.01. The van der Waals surface area contributed by atoms with E-state index in [4.69, 9.17) is 4.74 Å². The predicted molar refractivity (Wildman–Crippen MR) is 87.1 cm³/mol. The van der Waals surface area contributed by atoms with Gasteiger partial charge in [0.1, 0.15) is 0 Å². The van der Waals surface area contributed by atoms with E-state index in [-0.39, 0.29) is 17.8 Å². The quantitative estimate of drug-likeness (QED) is 0.445. The minimum atomic E-state index is -0.131. The molecule has 5 saturated carbocycles. The summed E-state index contributed by atoms with van der Waals surface area (Å²) >= 11 is 0. The molecule has 0 aromatic rings. The SMILES string of the molecule is CCOC(=O)C1C(C#N)C2CC1C1C3CC(C4C5C=CC(C5)C34)C21. The summed E-state index contributed by atoms with van der Waals surface area (Å²) in [5.74, 6) is 7.20. The van der Waals surface area contributed by atoms with Gasteiger partial charge in [0.25, 0.3) is 0 Å². The third-order valence-corrected chi connectivity index (χ3v) is 9.10. The number of rotatable bonds is 2. The number of allylic oxidation sites excluding steroid dienone is 2. The van der Waals surface area contributed by atoms with Crippen LogP contribution in [0.1, 0.15) is 26.2 Å². The molecule has 0 saturated heterocycles. The van der Waals surface area contributed by atoms with E-state index in [1.807, 2.05) is 6.92 Å². The molecule has 24 heavy (non-hydrogen) atoms. The first-order valence-electron chi connectivity index (χ1n) is 9.99. The van der Waals surface area contributed by atoms with E-state index in [1.54, 1.807) is 0 Å². The van der Waals surface area contributed by atoms with Crippen LogP contribution in [0, 0.1) is 82.3 Å². The lowest BCUT2D eigenvalue weighted by molar-refractivity contribution is -0.154. The zero-order valence-corrected chi connectivity index (χ0v) is 14.2. The second-order valence-corrected chi connectivity index (χ2v) is 9.32. The van der Waals surface area contributed by atoms with Crippen LogP contribution in [-0.4, -0.2) is 12.6 Å². The number of fused-ring (bicyclic) bond motifs is 16. The van der Waals surface area contributed by atoms with Crippen molar-refractivity contribution in [2.75, 3.05) is 6.61 Å². The fraction of sp³-hybridized carbons (Fsp3) is 0.810. The Morgan fingerprint density at radius 1 is 1.00 bits per heavy atom. The molecule has 3 nitrogen and oxygen atoms in total. The highest BCUT2D eigenvalue weighted by atomic mass is 16.5. The molecule has 126 valence electrons. The number of ether oxygens (including phenoxy) is 1. The van der Waals surface area contributed by atoms with Gasteiger partial charge in [-0.3, -0.25) is 4.79 Å². The minimum absolute atomic E-state index is 0.0813. The molecular weight excluding hydrogens is 298 g/mol. The van der Waals surface area contributed by atoms with Crippen LogP contribution in [-0.2, 0) is 9.53 Å². The smallest absolute Gasteiger partial charge is 0.310 e. The zero-order valence-electron chi connectivity index (χ0n) is 14.2. The van der Waals surface area contributed by atoms with Crippen molar-refractivity contribution in [1.82, 2.24) is 0 Å². The van der Waals surface area contributed by atoms with Crippen LogP contribution in [0.5, 0.6) is 0 Å². The highest BCUT2D eigenvalue weighted by Gasteiger charge is 2.73. The lowest BCUT2D eigenvalue weighted by Crippen LogP contribution is -2.46. The Bertz CT molecular complexity index is 678. The standard InChI is InChI=1S/C21H25NO2/c1-2-24-21(23)20-14-6-11(15(20)8-22)18-12-7-13(19(14)18)17-10-4-3-9(5-10)16(12)17/h3-4,9-20H,2,5-7H2,1H3. The maximum Gasteiger partial charge on any atom is 0.310 e. The van der Waals surface area contributed by atoms with Crippen LogP contribution in [0.25, 0.3) is 0 Å². The molecule has 3 heteroatoms. The van der Waals surface area contributed by atoms with E-state index in [1.165, 1.54) is 12.8 Å². The molecule has 0 spiro atoms. The Morgan fingerprint density at radius 2 is 1.62 bits per heavy atom. The van der Waals surface area contributed by atoms with Crippen LogP contribution in [0.15, 0.2) is 12.2 Å². The number of nitriles is 1. The normalized spacial score (nSPS) is 60.3. The van der Waals surface area contributed by atoms with E-state index in [9.17, 15) is 10.1 Å². The lowest BCUT2D eigenvalue weighted by Gasteiger charge is -2.46. The second-order valence-electron chi connectivity index (χ2n) is 9.32. The summed E-state index contributed by atoms with van der Waals surface area (Å²) in [6.07, 6.45) is 8.89. The van der Waals surface area contributed by atoms with E-state index in [0.717, 1.165) is 47.8 Å². The van der Waals surface area contributed by atoms with Crippen molar-refractivity contribution < 1.29 is 9.53 Å². The molecule has 6 rings (SSSR count). The molecule has 0 N–H and O–H groups in total. The summed E-state index contributed by atoms with van der Waals surface area (Å²) in [5, 5.41) is 9.79. The fourth-order valence-electron chi connectivity index (χ4n) is 9.01. The van der Waals surface area contributed by atoms with Crippen molar-refractivity contribution in [3.05, 3.63) is 12.2 Å². The molecule has 0 aromatic carbocycles. The van der Waals surface area contributed by atoms with Crippen molar-refractivity contribution in [3.63, 3.8) is 0 Å². The maximum absolute atomic E-state index is 12.6. The van der Waals surface area contributed by atoms with Crippen LogP contribution in [0.2, 0.25) is 0 Å². The van der Waals surface area contributed by atoms with Crippen LogP contribution >= 0.6 is 0 Å². The first-order valence-corrected chi connectivity index (χ1v) is 9.99. The predicted octanol–water partition coefficient (Wildman–Crippen LogP) is 3.28. The number of carbonyl (C=O) groups is 1. The molecule has 6 aliphatic rings. The summed E-state index contributed by atoms with van der Waals surface area (Å²) in [5.41, 5.74) is 0. The van der Waals surface area contributed by atoms with Gasteiger partial charge in [0.15, 0.2) is 0 Å². The van der Waals surface area contributed by atoms with Crippen molar-refractivity contribution >= 4 is 5.97 Å². The summed E-state index contributed by atoms with van der Waals surface area (Å²) in [7, 11) is 0. The third-order valence-electron chi connectivity index (χ3n) is 9.10. The highest BCUT2D eigenvalue weighted by molar-refractivity contribution is 5.74. The molecule has 6 bridgehead atoms. The van der Waals surface area contributed by atoms with Gasteiger partial charge in [-0.1, -0.05) is 12.2 Å². The minimum Gasteiger partial charge on any atom is -0.466 e. The van der Waals surface area contributed by atoms with Gasteiger partial charge in [-0.25, -0.2) is 0 Å². The zero-order chi connectivity index (χ0) is 16.2. The van der Waals surface area contributed by atoms with Crippen molar-refractivity contribution in [2.24, 2.45) is 71.0 Å². The second kappa shape index (κ2) is 4.45. The summed E-state index contributed by atoms with van der Waals surface area (Å²) < 4.78 is 5.37. The monoisotopic (exact) mass is 323 g/mol. The molecule has 0 aliphatic heterocycles. The number of esters is 1. The molecule has 5 fully saturated rings. The Balaban J connectivity index is 1.37. The number of hydrogen-bond acceptors (Lipinski definition) is 3. The third kappa shape index (κ3) is 1.37. The van der Waals surface area contributed by atoms with Gasteiger partial charge in [-0.15, -0.1) is 0 Å². The first-order chi connectivity index (χ1) is 11.7. The Morgan fingerprint density at radius 3 is 2.25 bits per heavy atom. The molecule has 6 aliphatic carbocycles. The van der Waals surface area contributed by atoms with E-state index < -0.39 is 0 Å². The molecule has 12 atom stereocenters. The van der Waals surface area contributed by atoms with Crippen LogP contribution in [0.3, 0.4) is 0 Å². The van der Waals surface area contributed by atoms with Gasteiger partial charge >= 0.3 is 5.97 Å². The van der Waals surface area contributed by atoms with Crippen molar-refractivity contribution in [2.45, 2.75) is 26.2 Å². The molecule has 0 aromatic heterocycles. The molecule has 12 unspecified atom stereocenters. The number of carbonyl (C=O) groups excluding carboxylic acids is 1. The van der Waals surface area contributed by atoms with Gasteiger partial charge < -0.3 is 4.74 Å². The maximum atomic E-state index is 12.6. The van der Waals surface area contributed by atoms with Crippen molar-refractivity contribution in [3.8, 4) is 6.07 Å². The average molecular weight is 323 g/mol. The molecule has 0 radical (unpaired) electrons. The van der Waals surface area contributed by atoms with Gasteiger partial charge in [0, 0.05) is 0 Å². The van der Waals surface area contributed by atoms with Crippen molar-refractivity contribution in [1.29, 1.82) is 5.26 Å². The van der Waals surface area contributed by atoms with E-state index in [0.29, 0.717) is 24.4 Å². The highest BCUT2D eigenvalue weighted by Crippen LogP contribution is 2.77. The summed E-state index contributed by atoms with van der Waals surface area (Å²) in [6, 6.07) is 2.54. The summed E-state index contributed by atoms with van der Waals surface area (Å²) in [6.45, 7) is 2.31. The van der Waals surface area contributed by atoms with E-state index >= 15 is 0 Å². The molecular formula is C21H25NO2. The van der Waals surface area contributed by atoms with Crippen LogP contribution < -0.4 is 0 Å².